The molecule has 0 radical (unpaired) electrons. The summed E-state index contributed by atoms with van der Waals surface area (Å²) in [5.74, 6) is -0.0744. The van der Waals surface area contributed by atoms with Crippen molar-refractivity contribution in [2.75, 3.05) is 7.05 Å². The van der Waals surface area contributed by atoms with Crippen molar-refractivity contribution in [3.63, 3.8) is 0 Å². The van der Waals surface area contributed by atoms with Crippen LogP contribution in [0.2, 0.25) is 0 Å². The number of hydrogen-bond donors (Lipinski definition) is 1. The number of benzene rings is 1. The number of hydrogen-bond acceptors (Lipinski definition) is 1. The van der Waals surface area contributed by atoms with Gasteiger partial charge in [-0.05, 0) is 30.7 Å². The van der Waals surface area contributed by atoms with Gasteiger partial charge in [0.2, 0.25) is 0 Å². The highest BCUT2D eigenvalue weighted by Gasteiger charge is 2.05. The summed E-state index contributed by atoms with van der Waals surface area (Å²) < 4.78 is 13.3. The highest BCUT2D eigenvalue weighted by molar-refractivity contribution is 5.28. The second-order valence-corrected chi connectivity index (χ2v) is 3.16. The lowest BCUT2D eigenvalue weighted by atomic mass is 10.0. The SMILES string of the molecule is CCCc1c(F)cccc1CNC. The van der Waals surface area contributed by atoms with Gasteiger partial charge in [0.1, 0.15) is 5.82 Å². The Morgan fingerprint density at radius 3 is 2.77 bits per heavy atom. The fourth-order valence-electron chi connectivity index (χ4n) is 1.49. The monoisotopic (exact) mass is 181 g/mol. The van der Waals surface area contributed by atoms with Gasteiger partial charge in [0.05, 0.1) is 0 Å². The van der Waals surface area contributed by atoms with Crippen LogP contribution in [0.3, 0.4) is 0 Å². The van der Waals surface area contributed by atoms with Gasteiger partial charge in [0.15, 0.2) is 0 Å². The van der Waals surface area contributed by atoms with E-state index in [4.69, 9.17) is 0 Å². The molecule has 0 amide bonds. The van der Waals surface area contributed by atoms with Gasteiger partial charge in [-0.2, -0.15) is 0 Å². The normalized spacial score (nSPS) is 10.4. The first-order valence-corrected chi connectivity index (χ1v) is 4.70. The molecule has 0 spiro atoms. The average Bonchev–Trinajstić information content (AvgIpc) is 2.11. The molecular weight excluding hydrogens is 165 g/mol. The molecule has 0 heterocycles. The van der Waals surface area contributed by atoms with Gasteiger partial charge in [0.25, 0.3) is 0 Å². The first-order chi connectivity index (χ1) is 6.29. The van der Waals surface area contributed by atoms with Gasteiger partial charge < -0.3 is 5.32 Å². The minimum Gasteiger partial charge on any atom is -0.316 e. The van der Waals surface area contributed by atoms with Crippen molar-refractivity contribution < 1.29 is 4.39 Å². The van der Waals surface area contributed by atoms with E-state index in [1.54, 1.807) is 6.07 Å². The average molecular weight is 181 g/mol. The van der Waals surface area contributed by atoms with Crippen LogP contribution < -0.4 is 5.32 Å². The van der Waals surface area contributed by atoms with Crippen LogP contribution in [0.4, 0.5) is 4.39 Å². The third-order valence-corrected chi connectivity index (χ3v) is 2.08. The number of rotatable bonds is 4. The van der Waals surface area contributed by atoms with Gasteiger partial charge in [-0.3, -0.25) is 0 Å². The Morgan fingerprint density at radius 2 is 2.15 bits per heavy atom. The molecule has 1 nitrogen and oxygen atoms in total. The van der Waals surface area contributed by atoms with Gasteiger partial charge in [-0.15, -0.1) is 0 Å². The van der Waals surface area contributed by atoms with Crippen LogP contribution in [0.1, 0.15) is 24.5 Å². The summed E-state index contributed by atoms with van der Waals surface area (Å²) >= 11 is 0. The quantitative estimate of drug-likeness (QED) is 0.752. The second-order valence-electron chi connectivity index (χ2n) is 3.16. The van der Waals surface area contributed by atoms with Crippen LogP contribution in [-0.2, 0) is 13.0 Å². The summed E-state index contributed by atoms with van der Waals surface area (Å²) in [6.45, 7) is 2.81. The lowest BCUT2D eigenvalue weighted by molar-refractivity contribution is 0.601. The highest BCUT2D eigenvalue weighted by atomic mass is 19.1. The van der Waals surface area contributed by atoms with E-state index in [0.29, 0.717) is 0 Å². The molecule has 0 atom stereocenters. The van der Waals surface area contributed by atoms with E-state index in [0.717, 1.165) is 30.5 Å². The smallest absolute Gasteiger partial charge is 0.126 e. The van der Waals surface area contributed by atoms with Gasteiger partial charge in [0, 0.05) is 6.54 Å². The molecule has 1 N–H and O–H groups in total. The number of halogens is 1. The zero-order chi connectivity index (χ0) is 9.68. The minimum atomic E-state index is -0.0744. The predicted molar refractivity (Wildman–Crippen MR) is 53.2 cm³/mol. The number of nitrogens with one attached hydrogen (secondary N) is 1. The summed E-state index contributed by atoms with van der Waals surface area (Å²) in [6.07, 6.45) is 1.81. The Hall–Kier alpha value is -0.890. The standard InChI is InChI=1S/C11H16FN/c1-3-5-10-9(8-13-2)6-4-7-11(10)12/h4,6-7,13H,3,5,8H2,1-2H3. The Labute approximate surface area is 79.0 Å². The molecule has 0 unspecified atom stereocenters. The third-order valence-electron chi connectivity index (χ3n) is 2.08. The topological polar surface area (TPSA) is 12.0 Å². The van der Waals surface area contributed by atoms with Crippen LogP contribution in [0.25, 0.3) is 0 Å². The van der Waals surface area contributed by atoms with Crippen LogP contribution in [0, 0.1) is 5.82 Å². The maximum Gasteiger partial charge on any atom is 0.126 e. The fourth-order valence-corrected chi connectivity index (χ4v) is 1.49. The van der Waals surface area contributed by atoms with Crippen LogP contribution in [0.15, 0.2) is 18.2 Å². The Bertz CT molecular complexity index is 271. The lowest BCUT2D eigenvalue weighted by Gasteiger charge is -2.08. The van der Waals surface area contributed by atoms with E-state index in [9.17, 15) is 4.39 Å². The first kappa shape index (κ1) is 10.2. The van der Waals surface area contributed by atoms with Gasteiger partial charge in [-0.1, -0.05) is 25.5 Å². The molecule has 0 bridgehead atoms. The second kappa shape index (κ2) is 4.97. The molecule has 0 saturated carbocycles. The molecule has 1 rings (SSSR count). The molecular formula is C11H16FN. The van der Waals surface area contributed by atoms with Crippen LogP contribution >= 0.6 is 0 Å². The van der Waals surface area contributed by atoms with Crippen molar-refractivity contribution in [2.24, 2.45) is 0 Å². The molecule has 0 aliphatic heterocycles. The third kappa shape index (κ3) is 2.52. The van der Waals surface area contributed by atoms with Crippen molar-refractivity contribution in [2.45, 2.75) is 26.3 Å². The van der Waals surface area contributed by atoms with Crippen molar-refractivity contribution in [1.29, 1.82) is 0 Å². The van der Waals surface area contributed by atoms with E-state index in [-0.39, 0.29) is 5.82 Å². The Morgan fingerprint density at radius 1 is 1.38 bits per heavy atom. The van der Waals surface area contributed by atoms with E-state index < -0.39 is 0 Å². The van der Waals surface area contributed by atoms with Crippen molar-refractivity contribution in [1.82, 2.24) is 5.32 Å². The van der Waals surface area contributed by atoms with E-state index in [1.807, 2.05) is 13.1 Å². The van der Waals surface area contributed by atoms with E-state index >= 15 is 0 Å². The molecule has 72 valence electrons. The molecule has 0 aliphatic carbocycles. The zero-order valence-corrected chi connectivity index (χ0v) is 8.23. The van der Waals surface area contributed by atoms with Gasteiger partial charge >= 0.3 is 0 Å². The largest absolute Gasteiger partial charge is 0.316 e. The molecule has 2 heteroatoms. The fraction of sp³-hybridized carbons (Fsp3) is 0.455. The summed E-state index contributed by atoms with van der Waals surface area (Å²) in [4.78, 5) is 0. The molecule has 1 aromatic rings. The molecule has 1 aromatic carbocycles. The van der Waals surface area contributed by atoms with Crippen molar-refractivity contribution >= 4 is 0 Å². The first-order valence-electron chi connectivity index (χ1n) is 4.70. The van der Waals surface area contributed by atoms with Crippen molar-refractivity contribution in [3.8, 4) is 0 Å². The summed E-state index contributed by atoms with van der Waals surface area (Å²) in [5, 5.41) is 3.04. The van der Waals surface area contributed by atoms with Gasteiger partial charge in [-0.25, -0.2) is 4.39 Å². The Kier molecular flexibility index (Phi) is 3.90. The zero-order valence-electron chi connectivity index (χ0n) is 8.23. The van der Waals surface area contributed by atoms with Crippen LogP contribution in [0.5, 0.6) is 0 Å². The molecule has 13 heavy (non-hydrogen) atoms. The highest BCUT2D eigenvalue weighted by Crippen LogP contribution is 2.15. The molecule has 0 saturated heterocycles. The molecule has 0 fully saturated rings. The van der Waals surface area contributed by atoms with E-state index in [2.05, 4.69) is 12.2 Å². The Balaban J connectivity index is 2.95. The molecule has 0 aromatic heterocycles. The minimum absolute atomic E-state index is 0.0744. The van der Waals surface area contributed by atoms with Crippen molar-refractivity contribution in [3.05, 3.63) is 35.1 Å². The maximum atomic E-state index is 13.3. The maximum absolute atomic E-state index is 13.3. The lowest BCUT2D eigenvalue weighted by Crippen LogP contribution is -2.08. The van der Waals surface area contributed by atoms with Crippen LogP contribution in [-0.4, -0.2) is 7.05 Å². The van der Waals surface area contributed by atoms with E-state index in [1.165, 1.54) is 6.07 Å². The summed E-state index contributed by atoms with van der Waals surface area (Å²) in [7, 11) is 1.88. The molecule has 0 aliphatic rings. The predicted octanol–water partition coefficient (Wildman–Crippen LogP) is 2.50. The summed E-state index contributed by atoms with van der Waals surface area (Å²) in [6, 6.07) is 5.27. The summed E-state index contributed by atoms with van der Waals surface area (Å²) in [5.41, 5.74) is 1.93.